The maximum atomic E-state index is 13.2. The fourth-order valence-corrected chi connectivity index (χ4v) is 4.13. The molecule has 5 N–H and O–H groups in total. The van der Waals surface area contributed by atoms with Gasteiger partial charge in [-0.25, -0.2) is 4.79 Å². The average Bonchev–Trinajstić information content (AvgIpc) is 2.82. The van der Waals surface area contributed by atoms with E-state index in [2.05, 4.69) is 29.0 Å². The van der Waals surface area contributed by atoms with E-state index in [9.17, 15) is 9.90 Å². The summed E-state index contributed by atoms with van der Waals surface area (Å²) in [6, 6.07) is 16.5. The van der Waals surface area contributed by atoms with Crippen molar-refractivity contribution in [3.05, 3.63) is 76.1 Å². The number of guanidine groups is 1. The lowest BCUT2D eigenvalue weighted by Crippen LogP contribution is -2.37. The fraction of sp³-hybridized carbons (Fsp3) is 0.320. The number of hydrogen-bond acceptors (Lipinski definition) is 6. The minimum Gasteiger partial charge on any atom is -0.507 e. The van der Waals surface area contributed by atoms with Crippen LogP contribution in [0.25, 0.3) is 11.0 Å². The Labute approximate surface area is 193 Å². The van der Waals surface area contributed by atoms with Crippen molar-refractivity contribution in [1.29, 1.82) is 0 Å². The quantitative estimate of drug-likeness (QED) is 0.199. The largest absolute Gasteiger partial charge is 0.507 e. The molecule has 8 nitrogen and oxygen atoms in total. The summed E-state index contributed by atoms with van der Waals surface area (Å²) in [7, 11) is 0. The summed E-state index contributed by atoms with van der Waals surface area (Å²) in [5, 5.41) is 19.9. The van der Waals surface area contributed by atoms with Crippen LogP contribution in [0.4, 0.5) is 0 Å². The van der Waals surface area contributed by atoms with Gasteiger partial charge in [0, 0.05) is 24.1 Å². The van der Waals surface area contributed by atoms with Gasteiger partial charge in [-0.05, 0) is 37.7 Å². The second-order valence-corrected chi connectivity index (χ2v) is 7.89. The molecule has 33 heavy (non-hydrogen) atoms. The first-order valence-electron chi connectivity index (χ1n) is 11.0. The second-order valence-electron chi connectivity index (χ2n) is 7.89. The lowest BCUT2D eigenvalue weighted by molar-refractivity contribution is 0.269. The Morgan fingerprint density at radius 2 is 1.67 bits per heavy atom. The summed E-state index contributed by atoms with van der Waals surface area (Å²) < 4.78 is 5.63. The molecule has 8 heteroatoms. The van der Waals surface area contributed by atoms with Crippen molar-refractivity contribution in [2.24, 2.45) is 27.6 Å². The molecule has 1 heterocycles. The smallest absolute Gasteiger partial charge is 0.343 e. The molecule has 174 valence electrons. The Morgan fingerprint density at radius 3 is 2.30 bits per heavy atom. The topological polar surface area (TPSA) is 130 Å². The zero-order valence-electron chi connectivity index (χ0n) is 19.2. The first-order valence-corrected chi connectivity index (χ1v) is 11.0. The third-order valence-corrected chi connectivity index (χ3v) is 5.90. The summed E-state index contributed by atoms with van der Waals surface area (Å²) in [5.41, 5.74) is 12.4. The molecule has 0 aliphatic rings. The van der Waals surface area contributed by atoms with Gasteiger partial charge in [0.2, 0.25) is 5.96 Å². The van der Waals surface area contributed by atoms with Gasteiger partial charge < -0.3 is 25.9 Å². The van der Waals surface area contributed by atoms with Gasteiger partial charge in [0.1, 0.15) is 11.3 Å². The van der Waals surface area contributed by atoms with Crippen molar-refractivity contribution >= 4 is 22.6 Å². The second kappa shape index (κ2) is 10.8. The summed E-state index contributed by atoms with van der Waals surface area (Å²) in [6.45, 7) is 8.17. The number of nitrogens with two attached hydrogens (primary N) is 2. The molecule has 0 aliphatic heterocycles. The van der Waals surface area contributed by atoms with Crippen LogP contribution in [0.2, 0.25) is 0 Å². The molecular formula is C25H31N5O3. The van der Waals surface area contributed by atoms with E-state index in [1.807, 2.05) is 37.3 Å². The van der Waals surface area contributed by atoms with Crippen LogP contribution in [-0.2, 0) is 0 Å². The number of rotatable bonds is 9. The molecule has 0 saturated heterocycles. The van der Waals surface area contributed by atoms with E-state index >= 15 is 0 Å². The van der Waals surface area contributed by atoms with Gasteiger partial charge in [-0.1, -0.05) is 56.3 Å². The van der Waals surface area contributed by atoms with Gasteiger partial charge in [-0.2, -0.15) is 5.10 Å². The number of para-hydroxylation sites is 1. The van der Waals surface area contributed by atoms with E-state index in [0.717, 1.165) is 18.7 Å². The van der Waals surface area contributed by atoms with Crippen LogP contribution in [0.15, 0.2) is 74.0 Å². The van der Waals surface area contributed by atoms with Crippen LogP contribution in [-0.4, -0.2) is 41.3 Å². The van der Waals surface area contributed by atoms with Crippen molar-refractivity contribution in [1.82, 2.24) is 4.90 Å². The van der Waals surface area contributed by atoms with Crippen LogP contribution in [0.1, 0.15) is 37.8 Å². The molecule has 2 atom stereocenters. The predicted octanol–water partition coefficient (Wildman–Crippen LogP) is 3.24. The molecular weight excluding hydrogens is 418 g/mol. The Morgan fingerprint density at radius 1 is 1.03 bits per heavy atom. The summed E-state index contributed by atoms with van der Waals surface area (Å²) in [4.78, 5) is 15.5. The lowest BCUT2D eigenvalue weighted by atomic mass is 9.78. The molecule has 1 aromatic heterocycles. The maximum Gasteiger partial charge on any atom is 0.343 e. The van der Waals surface area contributed by atoms with Gasteiger partial charge >= 0.3 is 5.63 Å². The number of nitrogens with zero attached hydrogens (tertiary/aromatic N) is 3. The van der Waals surface area contributed by atoms with Crippen LogP contribution >= 0.6 is 0 Å². The molecule has 0 unspecified atom stereocenters. The molecule has 0 amide bonds. The van der Waals surface area contributed by atoms with E-state index in [1.165, 1.54) is 0 Å². The highest BCUT2D eigenvalue weighted by Gasteiger charge is 2.34. The molecule has 0 fully saturated rings. The third-order valence-electron chi connectivity index (χ3n) is 5.90. The molecule has 0 aliphatic carbocycles. The van der Waals surface area contributed by atoms with Crippen LogP contribution in [0.3, 0.4) is 0 Å². The Balaban J connectivity index is 2.30. The summed E-state index contributed by atoms with van der Waals surface area (Å²) in [6.07, 6.45) is 0. The van der Waals surface area contributed by atoms with Gasteiger partial charge in [0.25, 0.3) is 0 Å². The molecule has 0 spiro atoms. The van der Waals surface area contributed by atoms with Crippen molar-refractivity contribution < 1.29 is 9.52 Å². The summed E-state index contributed by atoms with van der Waals surface area (Å²) >= 11 is 0. The average molecular weight is 450 g/mol. The Hall–Kier alpha value is -3.65. The minimum absolute atomic E-state index is 0.0881. The van der Waals surface area contributed by atoms with Crippen LogP contribution in [0, 0.1) is 5.92 Å². The fourth-order valence-electron chi connectivity index (χ4n) is 4.13. The number of hydrogen-bond donors (Lipinski definition) is 3. The molecule has 2 aromatic carbocycles. The van der Waals surface area contributed by atoms with Gasteiger partial charge in [0.05, 0.1) is 10.9 Å². The monoisotopic (exact) mass is 449 g/mol. The first kappa shape index (κ1) is 24.0. The highest BCUT2D eigenvalue weighted by Crippen LogP contribution is 2.39. The molecule has 0 radical (unpaired) electrons. The SMILES string of the molecule is CCN(CC)C[C@@H](/C(C)=N\N=C(N)N)[C@@H](c1ccccc1)c1c(O)c2ccccc2oc1=O. The highest BCUT2D eigenvalue weighted by atomic mass is 16.4. The van der Waals surface area contributed by atoms with E-state index in [4.69, 9.17) is 15.9 Å². The maximum absolute atomic E-state index is 13.2. The Kier molecular flexibility index (Phi) is 7.84. The van der Waals surface area contributed by atoms with Crippen molar-refractivity contribution in [3.63, 3.8) is 0 Å². The van der Waals surface area contributed by atoms with Gasteiger partial charge in [0.15, 0.2) is 0 Å². The standard InChI is InChI=1S/C25H31N5O3/c1-4-30(5-2)15-19(16(3)28-29-25(26)27)21(17-11-7-6-8-12-17)22-23(31)18-13-9-10-14-20(18)33-24(22)32/h6-14,19,21,31H,4-5,15H2,1-3H3,(H4,26,27,29)/b28-16-/t19-,21+/m0/s1. The minimum atomic E-state index is -0.584. The van der Waals surface area contributed by atoms with Crippen molar-refractivity contribution in [3.8, 4) is 5.75 Å². The van der Waals surface area contributed by atoms with E-state index in [1.54, 1.807) is 24.3 Å². The van der Waals surface area contributed by atoms with Crippen molar-refractivity contribution in [2.45, 2.75) is 26.7 Å². The molecule has 3 aromatic rings. The van der Waals surface area contributed by atoms with E-state index in [-0.39, 0.29) is 23.2 Å². The number of benzene rings is 2. The number of fused-ring (bicyclic) bond motifs is 1. The first-order chi connectivity index (χ1) is 15.9. The normalized spacial score (nSPS) is 13.8. The Bertz CT molecular complexity index is 1200. The summed E-state index contributed by atoms with van der Waals surface area (Å²) in [5.74, 6) is -1.09. The molecule has 0 bridgehead atoms. The number of aromatic hydroxyl groups is 1. The van der Waals surface area contributed by atoms with E-state index < -0.39 is 11.5 Å². The third kappa shape index (κ3) is 5.40. The molecule has 3 rings (SSSR count). The highest BCUT2D eigenvalue weighted by molar-refractivity contribution is 5.89. The van der Waals surface area contributed by atoms with Crippen LogP contribution in [0.5, 0.6) is 5.75 Å². The van der Waals surface area contributed by atoms with Gasteiger partial charge in [-0.15, -0.1) is 5.10 Å². The van der Waals surface area contributed by atoms with E-state index in [0.29, 0.717) is 23.2 Å². The van der Waals surface area contributed by atoms with Gasteiger partial charge in [-0.3, -0.25) is 0 Å². The van der Waals surface area contributed by atoms with Crippen LogP contribution < -0.4 is 17.1 Å². The predicted molar refractivity (Wildman–Crippen MR) is 133 cm³/mol. The lowest BCUT2D eigenvalue weighted by Gasteiger charge is -2.32. The zero-order valence-corrected chi connectivity index (χ0v) is 19.2. The van der Waals surface area contributed by atoms with Crippen molar-refractivity contribution in [2.75, 3.05) is 19.6 Å². The molecule has 0 saturated carbocycles. The zero-order chi connectivity index (χ0) is 24.0.